The molecule has 0 spiro atoms. The lowest BCUT2D eigenvalue weighted by Gasteiger charge is -2.19. The first-order valence-electron chi connectivity index (χ1n) is 7.02. The fraction of sp³-hybridized carbons (Fsp3) is 0.176. The van der Waals surface area contributed by atoms with E-state index in [9.17, 15) is 9.59 Å². The van der Waals surface area contributed by atoms with E-state index >= 15 is 0 Å². The second kappa shape index (κ2) is 7.06. The van der Waals surface area contributed by atoms with Crippen molar-refractivity contribution in [2.75, 3.05) is 4.90 Å². The third kappa shape index (κ3) is 3.67. The molecule has 2 aromatic rings. The van der Waals surface area contributed by atoms with E-state index in [0.29, 0.717) is 16.5 Å². The van der Waals surface area contributed by atoms with Crippen LogP contribution in [0.15, 0.2) is 29.2 Å². The van der Waals surface area contributed by atoms with Gasteiger partial charge in [0.05, 0.1) is 11.4 Å². The van der Waals surface area contributed by atoms with Gasteiger partial charge in [0.2, 0.25) is 5.91 Å². The van der Waals surface area contributed by atoms with E-state index in [1.165, 1.54) is 29.2 Å². The van der Waals surface area contributed by atoms with Crippen LogP contribution in [0.5, 0.6) is 0 Å². The number of thiazole rings is 1. The molecule has 1 N–H and O–H groups in total. The Labute approximate surface area is 143 Å². The summed E-state index contributed by atoms with van der Waals surface area (Å²) in [4.78, 5) is 28.7. The zero-order valence-electron chi connectivity index (χ0n) is 13.4. The second-order valence-electron chi connectivity index (χ2n) is 5.15. The lowest BCUT2D eigenvalue weighted by molar-refractivity contribution is -0.132. The van der Waals surface area contributed by atoms with Crippen LogP contribution in [-0.4, -0.2) is 22.0 Å². The van der Waals surface area contributed by atoms with Gasteiger partial charge in [-0.2, -0.15) is 5.26 Å². The number of aryl methyl sites for hydroxylation is 2. The molecule has 0 unspecified atom stereocenters. The Morgan fingerprint density at radius 1 is 1.33 bits per heavy atom. The highest BCUT2D eigenvalue weighted by Gasteiger charge is 2.18. The van der Waals surface area contributed by atoms with Gasteiger partial charge in [0.25, 0.3) is 0 Å². The molecule has 122 valence electrons. The molecule has 0 atom stereocenters. The van der Waals surface area contributed by atoms with Gasteiger partial charge in [-0.25, -0.2) is 9.78 Å². The van der Waals surface area contributed by atoms with E-state index in [1.54, 1.807) is 11.4 Å². The maximum Gasteiger partial charge on any atom is 0.346 e. The van der Waals surface area contributed by atoms with Crippen LogP contribution in [0.4, 0.5) is 10.8 Å². The van der Waals surface area contributed by atoms with Crippen molar-refractivity contribution in [3.63, 3.8) is 0 Å². The Morgan fingerprint density at radius 3 is 2.58 bits per heavy atom. The molecule has 24 heavy (non-hydrogen) atoms. The molecule has 0 aliphatic heterocycles. The summed E-state index contributed by atoms with van der Waals surface area (Å²) in [6.45, 7) is 5.38. The highest BCUT2D eigenvalue weighted by Crippen LogP contribution is 2.30. The van der Waals surface area contributed by atoms with Crippen molar-refractivity contribution in [3.05, 3.63) is 46.0 Å². The molecule has 6 nitrogen and oxygen atoms in total. The Bertz CT molecular complexity index is 877. The van der Waals surface area contributed by atoms with Gasteiger partial charge in [-0.3, -0.25) is 9.69 Å². The number of nitrogens with zero attached hydrogens (tertiary/aromatic N) is 3. The second-order valence-corrected chi connectivity index (χ2v) is 5.99. The van der Waals surface area contributed by atoms with E-state index in [4.69, 9.17) is 10.4 Å². The number of rotatable bonds is 4. The van der Waals surface area contributed by atoms with Gasteiger partial charge in [0.1, 0.15) is 11.6 Å². The van der Waals surface area contributed by atoms with Crippen LogP contribution in [0.1, 0.15) is 23.7 Å². The molecule has 1 amide bonds. The number of carboxylic acid groups (broad SMARTS) is 1. The molecular weight excluding hydrogens is 326 g/mol. The molecule has 0 aliphatic rings. The minimum Gasteiger partial charge on any atom is -0.477 e. The van der Waals surface area contributed by atoms with Crippen LogP contribution < -0.4 is 4.90 Å². The first-order chi connectivity index (χ1) is 11.3. The van der Waals surface area contributed by atoms with E-state index in [-0.39, 0.29) is 5.91 Å². The number of hydrogen-bond acceptors (Lipinski definition) is 5. The third-order valence-electron chi connectivity index (χ3n) is 3.41. The average molecular weight is 341 g/mol. The summed E-state index contributed by atoms with van der Waals surface area (Å²) in [7, 11) is 0. The normalized spacial score (nSPS) is 11.0. The number of anilines is 2. The van der Waals surface area contributed by atoms with Crippen LogP contribution in [0, 0.1) is 25.2 Å². The summed E-state index contributed by atoms with van der Waals surface area (Å²) in [6, 6.07) is 7.25. The number of benzene rings is 1. The molecule has 0 bridgehead atoms. The van der Waals surface area contributed by atoms with Crippen molar-refractivity contribution in [3.8, 4) is 6.07 Å². The maximum absolute atomic E-state index is 12.1. The van der Waals surface area contributed by atoms with E-state index < -0.39 is 11.5 Å². The number of nitriles is 1. The number of hydrogen-bond donors (Lipinski definition) is 1. The quantitative estimate of drug-likeness (QED) is 0.679. The predicted octanol–water partition coefficient (Wildman–Crippen LogP) is 3.44. The van der Waals surface area contributed by atoms with Gasteiger partial charge >= 0.3 is 5.97 Å². The largest absolute Gasteiger partial charge is 0.477 e. The standard InChI is InChI=1S/C17H15N3O3S/c1-10-4-5-15(6-11(10)2)20(12(3)21)17-19-14(9-24-17)7-13(8-18)16(22)23/h4-7,9H,1-3H3,(H,22,23). The monoisotopic (exact) mass is 341 g/mol. The summed E-state index contributed by atoms with van der Waals surface area (Å²) >= 11 is 1.20. The van der Waals surface area contributed by atoms with Gasteiger partial charge < -0.3 is 5.11 Å². The van der Waals surface area contributed by atoms with Gasteiger partial charge in [-0.15, -0.1) is 11.3 Å². The molecular formula is C17H15N3O3S. The molecule has 0 aliphatic carbocycles. The van der Waals surface area contributed by atoms with Gasteiger partial charge in [-0.05, 0) is 43.2 Å². The maximum atomic E-state index is 12.1. The van der Waals surface area contributed by atoms with E-state index in [1.807, 2.05) is 32.0 Å². The van der Waals surface area contributed by atoms with Crippen molar-refractivity contribution >= 4 is 40.1 Å². The van der Waals surface area contributed by atoms with Crippen LogP contribution in [-0.2, 0) is 9.59 Å². The van der Waals surface area contributed by atoms with Crippen LogP contribution >= 0.6 is 11.3 Å². The molecule has 0 saturated heterocycles. The van der Waals surface area contributed by atoms with Crippen molar-refractivity contribution in [2.45, 2.75) is 20.8 Å². The van der Waals surface area contributed by atoms with Crippen LogP contribution in [0.2, 0.25) is 0 Å². The van der Waals surface area contributed by atoms with E-state index in [0.717, 1.165) is 11.1 Å². The fourth-order valence-electron chi connectivity index (χ4n) is 2.03. The van der Waals surface area contributed by atoms with Gasteiger partial charge in [-0.1, -0.05) is 6.07 Å². The number of carbonyl (C=O) groups is 2. The number of aliphatic carboxylic acids is 1. The first-order valence-corrected chi connectivity index (χ1v) is 7.90. The number of aromatic nitrogens is 1. The fourth-order valence-corrected chi connectivity index (χ4v) is 2.87. The zero-order chi connectivity index (χ0) is 17.9. The van der Waals surface area contributed by atoms with Crippen molar-refractivity contribution in [2.24, 2.45) is 0 Å². The molecule has 1 aromatic carbocycles. The molecule has 7 heteroatoms. The number of carboxylic acids is 1. The molecule has 0 radical (unpaired) electrons. The minimum absolute atomic E-state index is 0.207. The van der Waals surface area contributed by atoms with E-state index in [2.05, 4.69) is 4.98 Å². The van der Waals surface area contributed by atoms with Gasteiger partial charge in [0, 0.05) is 12.3 Å². The van der Waals surface area contributed by atoms with Crippen LogP contribution in [0.25, 0.3) is 6.08 Å². The summed E-state index contributed by atoms with van der Waals surface area (Å²) in [6.07, 6.45) is 1.18. The Balaban J connectivity index is 2.44. The number of amides is 1. The highest BCUT2D eigenvalue weighted by molar-refractivity contribution is 7.14. The number of carbonyl (C=O) groups excluding carboxylic acids is 1. The smallest absolute Gasteiger partial charge is 0.346 e. The molecule has 2 rings (SSSR count). The van der Waals surface area contributed by atoms with Crippen molar-refractivity contribution in [1.29, 1.82) is 5.26 Å². The Hall–Kier alpha value is -2.98. The predicted molar refractivity (Wildman–Crippen MR) is 92.1 cm³/mol. The highest BCUT2D eigenvalue weighted by atomic mass is 32.1. The molecule has 0 fully saturated rings. The SMILES string of the molecule is CC(=O)N(c1ccc(C)c(C)c1)c1nc(C=C(C#N)C(=O)O)cs1. The first kappa shape index (κ1) is 17.4. The zero-order valence-corrected chi connectivity index (χ0v) is 14.2. The average Bonchev–Trinajstić information content (AvgIpc) is 2.96. The summed E-state index contributed by atoms with van der Waals surface area (Å²) in [5.74, 6) is -1.52. The Kier molecular flexibility index (Phi) is 5.11. The topological polar surface area (TPSA) is 94.3 Å². The van der Waals surface area contributed by atoms with Gasteiger partial charge in [0.15, 0.2) is 5.13 Å². The minimum atomic E-state index is -1.32. The molecule has 1 heterocycles. The lowest BCUT2D eigenvalue weighted by Crippen LogP contribution is -2.22. The lowest BCUT2D eigenvalue weighted by atomic mass is 10.1. The molecule has 1 aromatic heterocycles. The summed E-state index contributed by atoms with van der Waals surface area (Å²) in [5.41, 5.74) is 2.77. The Morgan fingerprint density at radius 2 is 2.04 bits per heavy atom. The summed E-state index contributed by atoms with van der Waals surface area (Å²) in [5, 5.41) is 19.7. The summed E-state index contributed by atoms with van der Waals surface area (Å²) < 4.78 is 0. The van der Waals surface area contributed by atoms with Crippen LogP contribution in [0.3, 0.4) is 0 Å². The van der Waals surface area contributed by atoms with Crippen molar-refractivity contribution < 1.29 is 14.7 Å². The third-order valence-corrected chi connectivity index (χ3v) is 4.25. The van der Waals surface area contributed by atoms with Crippen molar-refractivity contribution in [1.82, 2.24) is 4.98 Å². The molecule has 0 saturated carbocycles.